The van der Waals surface area contributed by atoms with Crippen LogP contribution in [0.25, 0.3) is 0 Å². The molecule has 1 spiro atoms. The molecule has 4 rings (SSSR count). The third-order valence-electron chi connectivity index (χ3n) is 6.71. The maximum atomic E-state index is 12.7. The molecule has 1 aromatic rings. The first-order valence-corrected chi connectivity index (χ1v) is 11.1. The largest absolute Gasteiger partial charge is 0.342 e. The minimum absolute atomic E-state index is 0.313. The van der Waals surface area contributed by atoms with Crippen molar-refractivity contribution in [3.8, 4) is 0 Å². The number of rotatable bonds is 7. The third kappa shape index (κ3) is 5.13. The Hall–Kier alpha value is -1.43. The first-order valence-electron chi connectivity index (χ1n) is 11.1. The number of hydroxylamine groups is 2. The predicted octanol–water partition coefficient (Wildman–Crippen LogP) is 2.96. The van der Waals surface area contributed by atoms with E-state index in [0.29, 0.717) is 17.7 Å². The van der Waals surface area contributed by atoms with E-state index in [-0.39, 0.29) is 0 Å². The highest BCUT2D eigenvalue weighted by molar-refractivity contribution is 5.76. The fourth-order valence-corrected chi connectivity index (χ4v) is 5.19. The monoisotopic (exact) mass is 385 g/mol. The summed E-state index contributed by atoms with van der Waals surface area (Å²) in [6.45, 7) is 7.98. The first-order chi connectivity index (χ1) is 13.7. The average molecular weight is 386 g/mol. The van der Waals surface area contributed by atoms with E-state index in [0.717, 1.165) is 45.6 Å². The van der Waals surface area contributed by atoms with Crippen molar-refractivity contribution in [1.82, 2.24) is 14.9 Å². The Kier molecular flexibility index (Phi) is 6.65. The predicted molar refractivity (Wildman–Crippen MR) is 111 cm³/mol. The summed E-state index contributed by atoms with van der Waals surface area (Å²) in [4.78, 5) is 23.0. The van der Waals surface area contributed by atoms with Gasteiger partial charge in [-0.3, -0.25) is 9.63 Å². The Morgan fingerprint density at radius 3 is 2.71 bits per heavy atom. The zero-order chi connectivity index (χ0) is 19.2. The molecule has 1 aromatic carbocycles. The summed E-state index contributed by atoms with van der Waals surface area (Å²) in [6, 6.07) is 10.8. The lowest BCUT2D eigenvalue weighted by Crippen LogP contribution is -2.45. The molecule has 3 saturated heterocycles. The van der Waals surface area contributed by atoms with Gasteiger partial charge in [0.15, 0.2) is 0 Å². The van der Waals surface area contributed by atoms with Gasteiger partial charge >= 0.3 is 0 Å². The molecule has 3 aliphatic heterocycles. The van der Waals surface area contributed by atoms with Crippen LogP contribution in [-0.2, 0) is 16.1 Å². The van der Waals surface area contributed by atoms with E-state index in [1.165, 1.54) is 50.9 Å². The quantitative estimate of drug-likeness (QED) is 0.723. The summed E-state index contributed by atoms with van der Waals surface area (Å²) < 4.78 is 0. The molecule has 28 heavy (non-hydrogen) atoms. The summed E-state index contributed by atoms with van der Waals surface area (Å²) in [7, 11) is 0. The number of nitrogens with zero attached hydrogens (tertiary/aromatic N) is 3. The van der Waals surface area contributed by atoms with Gasteiger partial charge in [-0.05, 0) is 57.2 Å². The van der Waals surface area contributed by atoms with Crippen molar-refractivity contribution in [3.05, 3.63) is 35.9 Å². The molecule has 154 valence electrons. The Morgan fingerprint density at radius 2 is 1.89 bits per heavy atom. The molecular weight excluding hydrogens is 350 g/mol. The minimum atomic E-state index is 0.313. The number of benzene rings is 1. The van der Waals surface area contributed by atoms with Crippen molar-refractivity contribution in [1.29, 1.82) is 0 Å². The zero-order valence-electron chi connectivity index (χ0n) is 17.2. The van der Waals surface area contributed by atoms with Crippen molar-refractivity contribution >= 4 is 5.91 Å². The number of hydrogen-bond acceptors (Lipinski definition) is 4. The van der Waals surface area contributed by atoms with E-state index in [9.17, 15) is 4.79 Å². The lowest BCUT2D eigenvalue weighted by molar-refractivity contribution is -0.138. The van der Waals surface area contributed by atoms with E-state index < -0.39 is 0 Å². The first kappa shape index (κ1) is 19.9. The van der Waals surface area contributed by atoms with E-state index in [4.69, 9.17) is 4.84 Å². The lowest BCUT2D eigenvalue weighted by atomic mass is 9.79. The Balaban J connectivity index is 1.21. The summed E-state index contributed by atoms with van der Waals surface area (Å²) >= 11 is 0. The molecule has 0 bridgehead atoms. The minimum Gasteiger partial charge on any atom is -0.342 e. The summed E-state index contributed by atoms with van der Waals surface area (Å²) in [6.07, 6.45) is 7.79. The molecule has 1 amide bonds. The van der Waals surface area contributed by atoms with Crippen LogP contribution < -0.4 is 0 Å². The topological polar surface area (TPSA) is 36.0 Å². The molecule has 3 aliphatic rings. The number of piperidine rings is 1. The normalized spacial score (nSPS) is 26.4. The molecule has 0 radical (unpaired) electrons. The number of aryl methyl sites for hydroxylation is 1. The summed E-state index contributed by atoms with van der Waals surface area (Å²) in [5, 5.41) is 1.96. The van der Waals surface area contributed by atoms with Gasteiger partial charge in [-0.15, -0.1) is 0 Å². The Labute approximate surface area is 169 Å². The van der Waals surface area contributed by atoms with Gasteiger partial charge in [-0.2, -0.15) is 5.06 Å². The molecule has 1 atom stereocenters. The van der Waals surface area contributed by atoms with Crippen LogP contribution in [0.15, 0.2) is 30.3 Å². The number of hydrogen-bond donors (Lipinski definition) is 0. The van der Waals surface area contributed by atoms with Gasteiger partial charge < -0.3 is 9.80 Å². The van der Waals surface area contributed by atoms with Gasteiger partial charge in [0.05, 0.1) is 6.61 Å². The fraction of sp³-hybridized carbons (Fsp3) is 0.696. The molecule has 1 unspecified atom stereocenters. The van der Waals surface area contributed by atoms with Crippen LogP contribution in [0.4, 0.5) is 0 Å². The standard InChI is InChI=1S/C23H35N3O2/c27-22(10-16-26-15-6-18-28-26)25-17-12-23(20-25)11-5-14-24(19-23)13-4-9-21-7-2-1-3-8-21/h1-3,7-8H,4-6,9-20H2. The van der Waals surface area contributed by atoms with Crippen LogP contribution >= 0.6 is 0 Å². The van der Waals surface area contributed by atoms with Gasteiger partial charge in [-0.1, -0.05) is 30.3 Å². The second-order valence-electron chi connectivity index (χ2n) is 8.90. The maximum Gasteiger partial charge on any atom is 0.223 e. The lowest BCUT2D eigenvalue weighted by Gasteiger charge is -2.40. The van der Waals surface area contributed by atoms with Gasteiger partial charge in [0.25, 0.3) is 0 Å². The molecule has 5 heteroatoms. The second kappa shape index (κ2) is 9.38. The van der Waals surface area contributed by atoms with Gasteiger partial charge in [0.1, 0.15) is 0 Å². The van der Waals surface area contributed by atoms with Crippen LogP contribution in [0, 0.1) is 5.41 Å². The SMILES string of the molecule is O=C(CCN1CCCO1)N1CCC2(CCCN(CCCc3ccccc3)C2)C1. The van der Waals surface area contributed by atoms with Crippen molar-refractivity contribution < 1.29 is 9.63 Å². The van der Waals surface area contributed by atoms with Crippen LogP contribution in [0.3, 0.4) is 0 Å². The van der Waals surface area contributed by atoms with E-state index in [1.54, 1.807) is 0 Å². The highest BCUT2D eigenvalue weighted by Crippen LogP contribution is 2.39. The van der Waals surface area contributed by atoms with Crippen LogP contribution in [-0.4, -0.2) is 73.2 Å². The van der Waals surface area contributed by atoms with E-state index in [1.807, 2.05) is 5.06 Å². The third-order valence-corrected chi connectivity index (χ3v) is 6.71. The fourth-order valence-electron chi connectivity index (χ4n) is 5.19. The molecule has 0 aromatic heterocycles. The number of amides is 1. The molecular formula is C23H35N3O2. The van der Waals surface area contributed by atoms with Gasteiger partial charge in [-0.25, -0.2) is 0 Å². The number of carbonyl (C=O) groups excluding carboxylic acids is 1. The van der Waals surface area contributed by atoms with E-state index in [2.05, 4.69) is 40.1 Å². The molecule has 3 heterocycles. The Bertz CT molecular complexity index is 632. The molecule has 0 saturated carbocycles. The Morgan fingerprint density at radius 1 is 1.00 bits per heavy atom. The van der Waals surface area contributed by atoms with Gasteiger partial charge in [0.2, 0.25) is 5.91 Å². The van der Waals surface area contributed by atoms with Crippen LogP contribution in [0.5, 0.6) is 0 Å². The van der Waals surface area contributed by atoms with Crippen molar-refractivity contribution in [2.75, 3.05) is 52.4 Å². The number of carbonyl (C=O) groups is 1. The van der Waals surface area contributed by atoms with Crippen molar-refractivity contribution in [2.24, 2.45) is 5.41 Å². The molecule has 5 nitrogen and oxygen atoms in total. The smallest absolute Gasteiger partial charge is 0.223 e. The molecule has 0 aliphatic carbocycles. The molecule has 3 fully saturated rings. The van der Waals surface area contributed by atoms with Crippen LogP contribution in [0.1, 0.15) is 44.1 Å². The summed E-state index contributed by atoms with van der Waals surface area (Å²) in [5.41, 5.74) is 1.78. The van der Waals surface area contributed by atoms with Crippen LogP contribution in [0.2, 0.25) is 0 Å². The van der Waals surface area contributed by atoms with Crippen molar-refractivity contribution in [2.45, 2.75) is 44.9 Å². The number of likely N-dealkylation sites (tertiary alicyclic amines) is 2. The second-order valence-corrected chi connectivity index (χ2v) is 8.90. The van der Waals surface area contributed by atoms with Crippen molar-refractivity contribution in [3.63, 3.8) is 0 Å². The highest BCUT2D eigenvalue weighted by Gasteiger charge is 2.42. The van der Waals surface area contributed by atoms with E-state index >= 15 is 0 Å². The highest BCUT2D eigenvalue weighted by atomic mass is 16.7. The average Bonchev–Trinajstić information content (AvgIpc) is 3.38. The zero-order valence-corrected chi connectivity index (χ0v) is 17.2. The van der Waals surface area contributed by atoms with Gasteiger partial charge in [0, 0.05) is 44.6 Å². The maximum absolute atomic E-state index is 12.7. The molecule has 0 N–H and O–H groups in total. The summed E-state index contributed by atoms with van der Waals surface area (Å²) in [5.74, 6) is 0.313.